The maximum Gasteiger partial charge on any atom is 0.243 e. The predicted octanol–water partition coefficient (Wildman–Crippen LogP) is 1.50. The van der Waals surface area contributed by atoms with Crippen LogP contribution < -0.4 is 16.4 Å². The van der Waals surface area contributed by atoms with Crippen molar-refractivity contribution < 1.29 is 24.6 Å². The monoisotopic (exact) mass is 475 g/mol. The van der Waals surface area contributed by atoms with E-state index >= 15 is 0 Å². The van der Waals surface area contributed by atoms with Gasteiger partial charge in [-0.05, 0) is 37.7 Å². The van der Waals surface area contributed by atoms with Crippen molar-refractivity contribution in [3.63, 3.8) is 0 Å². The lowest BCUT2D eigenvalue weighted by Crippen LogP contribution is -2.63. The van der Waals surface area contributed by atoms with E-state index in [-0.39, 0.29) is 29.6 Å². The zero-order chi connectivity index (χ0) is 24.3. The Bertz CT molecular complexity index is 826. The second kappa shape index (κ2) is 13.3. The third-order valence-electron chi connectivity index (χ3n) is 6.57. The van der Waals surface area contributed by atoms with Gasteiger partial charge in [0.25, 0.3) is 0 Å². The maximum absolute atomic E-state index is 13.4. The van der Waals surface area contributed by atoms with Gasteiger partial charge in [0.2, 0.25) is 11.8 Å². The fourth-order valence-electron chi connectivity index (χ4n) is 4.58. The molecule has 1 aromatic carbocycles. The van der Waals surface area contributed by atoms with Gasteiger partial charge in [-0.2, -0.15) is 0 Å². The van der Waals surface area contributed by atoms with Crippen molar-refractivity contribution in [1.29, 1.82) is 0 Å². The Balaban J connectivity index is 1.54. The molecule has 0 aromatic heterocycles. The van der Waals surface area contributed by atoms with E-state index in [0.717, 1.165) is 31.2 Å². The number of rotatable bonds is 12. The van der Waals surface area contributed by atoms with Gasteiger partial charge in [0.1, 0.15) is 6.04 Å². The number of benzene rings is 1. The van der Waals surface area contributed by atoms with Gasteiger partial charge in [-0.25, -0.2) is 9.78 Å². The molecule has 5 N–H and O–H groups in total. The molecule has 1 aromatic rings. The van der Waals surface area contributed by atoms with Gasteiger partial charge in [-0.3, -0.25) is 9.59 Å². The van der Waals surface area contributed by atoms with Gasteiger partial charge in [0.15, 0.2) is 5.84 Å². The smallest absolute Gasteiger partial charge is 0.243 e. The minimum Gasteiger partial charge on any atom is -0.409 e. The fourth-order valence-corrected chi connectivity index (χ4v) is 4.58. The van der Waals surface area contributed by atoms with Crippen LogP contribution in [-0.4, -0.2) is 66.1 Å². The number of nitrogens with one attached hydrogen (secondary N) is 2. The molecule has 2 aliphatic rings. The number of amidine groups is 1. The summed E-state index contributed by atoms with van der Waals surface area (Å²) in [6.45, 7) is 4.14. The van der Waals surface area contributed by atoms with Gasteiger partial charge in [0, 0.05) is 25.2 Å². The molecule has 0 bridgehead atoms. The highest BCUT2D eigenvalue weighted by atomic mass is 17.2. The lowest BCUT2D eigenvalue weighted by Gasteiger charge is -2.43. The van der Waals surface area contributed by atoms with E-state index in [9.17, 15) is 9.59 Å². The summed E-state index contributed by atoms with van der Waals surface area (Å²) < 4.78 is 0. The Morgan fingerprint density at radius 3 is 2.53 bits per heavy atom. The van der Waals surface area contributed by atoms with Gasteiger partial charge in [-0.1, -0.05) is 48.7 Å². The number of likely N-dealkylation sites (tertiary alicyclic amines) is 1. The maximum atomic E-state index is 13.4. The van der Waals surface area contributed by atoms with E-state index in [1.807, 2.05) is 19.1 Å². The van der Waals surface area contributed by atoms with E-state index in [4.69, 9.17) is 20.7 Å². The molecule has 0 spiro atoms. The van der Waals surface area contributed by atoms with Crippen molar-refractivity contribution in [2.24, 2.45) is 16.8 Å². The number of nitrogens with zero attached hydrogens (tertiary/aromatic N) is 2. The Labute approximate surface area is 200 Å². The predicted molar refractivity (Wildman–Crippen MR) is 127 cm³/mol. The normalized spacial score (nSPS) is 20.0. The molecule has 1 saturated carbocycles. The highest BCUT2D eigenvalue weighted by Gasteiger charge is 2.42. The molecule has 1 aliphatic carbocycles. The van der Waals surface area contributed by atoms with Crippen LogP contribution in [0.2, 0.25) is 0 Å². The molecule has 188 valence electrons. The summed E-state index contributed by atoms with van der Waals surface area (Å²) in [6.07, 6.45) is 6.16. The van der Waals surface area contributed by atoms with Crippen LogP contribution in [0.4, 0.5) is 0 Å². The van der Waals surface area contributed by atoms with E-state index in [0.29, 0.717) is 44.8 Å². The van der Waals surface area contributed by atoms with Crippen molar-refractivity contribution in [2.75, 3.05) is 26.3 Å². The third-order valence-corrected chi connectivity index (χ3v) is 6.57. The number of oxime groups is 1. The average molecular weight is 476 g/mol. The number of amides is 2. The molecular formula is C24H37N5O5. The molecule has 1 aliphatic heterocycles. The molecule has 2 fully saturated rings. The van der Waals surface area contributed by atoms with Crippen LogP contribution in [0.1, 0.15) is 56.6 Å². The first-order valence-corrected chi connectivity index (χ1v) is 12.2. The van der Waals surface area contributed by atoms with Crippen molar-refractivity contribution in [3.8, 4) is 0 Å². The summed E-state index contributed by atoms with van der Waals surface area (Å²) in [5.74, 6) is 0.149. The summed E-state index contributed by atoms with van der Waals surface area (Å²) >= 11 is 0. The molecule has 1 saturated heterocycles. The summed E-state index contributed by atoms with van der Waals surface area (Å²) in [6, 6.07) is 6.32. The summed E-state index contributed by atoms with van der Waals surface area (Å²) in [5.41, 5.74) is 7.06. The quantitative estimate of drug-likeness (QED) is 0.0897. The number of hydrogen-bond acceptors (Lipinski definition) is 7. The van der Waals surface area contributed by atoms with Crippen LogP contribution in [0.15, 0.2) is 29.4 Å². The Hall–Kier alpha value is -2.69. The molecule has 0 unspecified atom stereocenters. The Morgan fingerprint density at radius 2 is 1.91 bits per heavy atom. The van der Waals surface area contributed by atoms with Crippen molar-refractivity contribution in [2.45, 2.75) is 64.1 Å². The summed E-state index contributed by atoms with van der Waals surface area (Å²) in [5, 5.41) is 18.0. The molecule has 2 amide bonds. The second-order valence-corrected chi connectivity index (χ2v) is 8.79. The average Bonchev–Trinajstić information content (AvgIpc) is 2.84. The first-order valence-electron chi connectivity index (χ1n) is 12.2. The summed E-state index contributed by atoms with van der Waals surface area (Å²) in [7, 11) is 0. The highest BCUT2D eigenvalue weighted by molar-refractivity contribution is 5.97. The number of carbonyl (C=O) groups is 2. The van der Waals surface area contributed by atoms with E-state index < -0.39 is 6.04 Å². The second-order valence-electron chi connectivity index (χ2n) is 8.79. The molecule has 3 rings (SSSR count). The minimum atomic E-state index is -0.448. The SMILES string of the molecule is CCOOCCN[C@@H](C(=O)N1CC[C@H]1C(=O)NCc1ccc(/C(N)=N/O)cc1)C1CCCCC1. The zero-order valence-corrected chi connectivity index (χ0v) is 19.9. The lowest BCUT2D eigenvalue weighted by molar-refractivity contribution is -0.289. The first kappa shape index (κ1) is 25.9. The fraction of sp³-hybridized carbons (Fsp3) is 0.625. The van der Waals surface area contributed by atoms with E-state index in [1.54, 1.807) is 17.0 Å². The summed E-state index contributed by atoms with van der Waals surface area (Å²) in [4.78, 5) is 38.0. The largest absolute Gasteiger partial charge is 0.409 e. The highest BCUT2D eigenvalue weighted by Crippen LogP contribution is 2.29. The molecule has 2 atom stereocenters. The van der Waals surface area contributed by atoms with Gasteiger partial charge in [0.05, 0.1) is 19.3 Å². The van der Waals surface area contributed by atoms with Gasteiger partial charge >= 0.3 is 0 Å². The van der Waals surface area contributed by atoms with Crippen LogP contribution in [0.5, 0.6) is 0 Å². The topological polar surface area (TPSA) is 139 Å². The number of nitrogens with two attached hydrogens (primary N) is 1. The molecule has 10 heteroatoms. The van der Waals surface area contributed by atoms with Crippen LogP contribution in [0.3, 0.4) is 0 Å². The van der Waals surface area contributed by atoms with Gasteiger partial charge < -0.3 is 26.5 Å². The van der Waals surface area contributed by atoms with E-state index in [1.165, 1.54) is 6.42 Å². The van der Waals surface area contributed by atoms with Crippen LogP contribution in [-0.2, 0) is 25.9 Å². The Morgan fingerprint density at radius 1 is 1.18 bits per heavy atom. The number of hydrogen-bond donors (Lipinski definition) is 4. The number of carbonyl (C=O) groups excluding carboxylic acids is 2. The third kappa shape index (κ3) is 6.91. The van der Waals surface area contributed by atoms with Crippen molar-refractivity contribution >= 4 is 17.6 Å². The van der Waals surface area contributed by atoms with Crippen molar-refractivity contribution in [3.05, 3.63) is 35.4 Å². The van der Waals surface area contributed by atoms with E-state index in [2.05, 4.69) is 15.8 Å². The van der Waals surface area contributed by atoms with Crippen LogP contribution in [0.25, 0.3) is 0 Å². The van der Waals surface area contributed by atoms with Gasteiger partial charge in [-0.15, -0.1) is 0 Å². The molecule has 34 heavy (non-hydrogen) atoms. The lowest BCUT2D eigenvalue weighted by atomic mass is 9.82. The first-order chi connectivity index (χ1) is 16.5. The zero-order valence-electron chi connectivity index (χ0n) is 19.9. The van der Waals surface area contributed by atoms with Crippen LogP contribution >= 0.6 is 0 Å². The molecule has 0 radical (unpaired) electrons. The molecule has 10 nitrogen and oxygen atoms in total. The standard InChI is InChI=1S/C24H37N5O5/c1-2-33-34-15-13-26-21(18-6-4-3-5-7-18)24(31)29-14-12-20(29)23(30)27-16-17-8-10-19(11-9-17)22(25)28-32/h8-11,18,20-21,26,32H,2-7,12-16H2,1H3,(H2,25,28)(H,27,30)/t20-,21+/m0/s1. The molecule has 1 heterocycles. The van der Waals surface area contributed by atoms with Crippen molar-refractivity contribution in [1.82, 2.24) is 15.5 Å². The Kier molecular flexibility index (Phi) is 10.1. The minimum absolute atomic E-state index is 0.00201. The molecular weight excluding hydrogens is 438 g/mol. The van der Waals surface area contributed by atoms with Crippen LogP contribution in [0, 0.1) is 5.92 Å².